The molecular weight excluding hydrogens is 336 g/mol. The summed E-state index contributed by atoms with van der Waals surface area (Å²) in [5.41, 5.74) is 2.38. The van der Waals surface area contributed by atoms with Gasteiger partial charge in [-0.2, -0.15) is 5.10 Å². The molecule has 0 saturated carbocycles. The van der Waals surface area contributed by atoms with Crippen LogP contribution in [0.3, 0.4) is 0 Å². The molecule has 0 fully saturated rings. The third kappa shape index (κ3) is 2.74. The molecule has 3 N–H and O–H groups in total. The van der Waals surface area contributed by atoms with Crippen LogP contribution in [0.2, 0.25) is 0 Å². The topological polar surface area (TPSA) is 86.9 Å². The predicted octanol–water partition coefficient (Wildman–Crippen LogP) is 3.13. The lowest BCUT2D eigenvalue weighted by Gasteiger charge is -2.07. The number of anilines is 1. The van der Waals surface area contributed by atoms with E-state index in [4.69, 9.17) is 0 Å². The standard InChI is InChI=1S/C18H14N4O2S/c1-19-17(23)18(24)21-12-6-11-9-20-22-16(11)13(8-12)15-7-10-4-2-3-5-14(10)25-15/h2-9H,1H3,(H,19,23)(H,20,22)(H,21,24). The molecule has 4 rings (SSSR count). The molecule has 2 amide bonds. The Morgan fingerprint density at radius 2 is 1.92 bits per heavy atom. The number of nitrogens with zero attached hydrogens (tertiary/aromatic N) is 1. The maximum Gasteiger partial charge on any atom is 0.313 e. The van der Waals surface area contributed by atoms with E-state index in [1.165, 1.54) is 11.7 Å². The first kappa shape index (κ1) is 15.3. The monoisotopic (exact) mass is 350 g/mol. The fraction of sp³-hybridized carbons (Fsp3) is 0.0556. The van der Waals surface area contributed by atoms with Crippen LogP contribution in [-0.4, -0.2) is 29.1 Å². The lowest BCUT2D eigenvalue weighted by molar-refractivity contribution is -0.135. The van der Waals surface area contributed by atoms with Crippen LogP contribution in [0.25, 0.3) is 31.4 Å². The van der Waals surface area contributed by atoms with E-state index in [-0.39, 0.29) is 0 Å². The van der Waals surface area contributed by atoms with Gasteiger partial charge in [-0.25, -0.2) is 0 Å². The molecule has 2 aromatic heterocycles. The minimum absolute atomic E-state index is 0.551. The third-order valence-corrected chi connectivity index (χ3v) is 5.08. The second-order valence-corrected chi connectivity index (χ2v) is 6.62. The molecule has 0 spiro atoms. The quantitative estimate of drug-likeness (QED) is 0.485. The average Bonchev–Trinajstić information content (AvgIpc) is 3.26. The van der Waals surface area contributed by atoms with Crippen LogP contribution in [0.4, 0.5) is 5.69 Å². The molecule has 124 valence electrons. The Hall–Kier alpha value is -3.19. The van der Waals surface area contributed by atoms with Gasteiger partial charge in [0.2, 0.25) is 0 Å². The van der Waals surface area contributed by atoms with Crippen molar-refractivity contribution in [2.24, 2.45) is 0 Å². The normalized spacial score (nSPS) is 10.9. The molecule has 0 atom stereocenters. The Morgan fingerprint density at radius 3 is 2.72 bits per heavy atom. The molecule has 4 aromatic rings. The number of thiophene rings is 1. The maximum absolute atomic E-state index is 11.9. The number of nitrogens with one attached hydrogen (secondary N) is 3. The number of hydrogen-bond donors (Lipinski definition) is 3. The number of fused-ring (bicyclic) bond motifs is 2. The van der Waals surface area contributed by atoms with Gasteiger partial charge in [0.25, 0.3) is 0 Å². The average molecular weight is 350 g/mol. The second-order valence-electron chi connectivity index (χ2n) is 5.54. The molecule has 0 unspecified atom stereocenters. The highest BCUT2D eigenvalue weighted by molar-refractivity contribution is 7.22. The van der Waals surface area contributed by atoms with Crippen LogP contribution >= 0.6 is 11.3 Å². The van der Waals surface area contributed by atoms with Crippen molar-refractivity contribution in [3.8, 4) is 10.4 Å². The van der Waals surface area contributed by atoms with E-state index in [0.717, 1.165) is 26.7 Å². The Balaban J connectivity index is 1.83. The summed E-state index contributed by atoms with van der Waals surface area (Å²) in [6, 6.07) is 13.9. The van der Waals surface area contributed by atoms with Gasteiger partial charge in [0.1, 0.15) is 0 Å². The van der Waals surface area contributed by atoms with Gasteiger partial charge >= 0.3 is 11.8 Å². The summed E-state index contributed by atoms with van der Waals surface area (Å²) >= 11 is 1.67. The lowest BCUT2D eigenvalue weighted by atomic mass is 10.1. The molecule has 2 heterocycles. The largest absolute Gasteiger partial charge is 0.351 e. The van der Waals surface area contributed by atoms with Crippen LogP contribution < -0.4 is 10.6 Å². The zero-order chi connectivity index (χ0) is 17.4. The minimum atomic E-state index is -0.701. The van der Waals surface area contributed by atoms with E-state index < -0.39 is 11.8 Å². The summed E-state index contributed by atoms with van der Waals surface area (Å²) in [5.74, 6) is -1.39. The van der Waals surface area contributed by atoms with Crippen LogP contribution in [0.1, 0.15) is 0 Å². The summed E-state index contributed by atoms with van der Waals surface area (Å²) in [6.45, 7) is 0. The number of rotatable bonds is 2. The Bertz CT molecular complexity index is 1080. The Morgan fingerprint density at radius 1 is 1.08 bits per heavy atom. The van der Waals surface area contributed by atoms with Crippen molar-refractivity contribution in [2.75, 3.05) is 12.4 Å². The van der Waals surface area contributed by atoms with E-state index in [2.05, 4.69) is 39.0 Å². The van der Waals surface area contributed by atoms with E-state index in [1.807, 2.05) is 18.2 Å². The molecule has 0 saturated heterocycles. The summed E-state index contributed by atoms with van der Waals surface area (Å²) in [6.07, 6.45) is 1.70. The summed E-state index contributed by atoms with van der Waals surface area (Å²) in [4.78, 5) is 24.4. The van der Waals surface area contributed by atoms with Crippen LogP contribution in [-0.2, 0) is 9.59 Å². The number of benzene rings is 2. The second kappa shape index (κ2) is 6.03. The number of aromatic amines is 1. The molecular formula is C18H14N4O2S. The fourth-order valence-corrected chi connectivity index (χ4v) is 3.83. The molecule has 0 bridgehead atoms. The molecule has 7 heteroatoms. The number of carbonyl (C=O) groups excluding carboxylic acids is 2. The highest BCUT2D eigenvalue weighted by Gasteiger charge is 2.15. The predicted molar refractivity (Wildman–Crippen MR) is 99.6 cm³/mol. The summed E-state index contributed by atoms with van der Waals surface area (Å²) < 4.78 is 1.19. The highest BCUT2D eigenvalue weighted by atomic mass is 32.1. The number of carbonyl (C=O) groups is 2. The number of likely N-dealkylation sites (N-methyl/N-ethyl adjacent to an activating group) is 1. The Labute approximate surface area is 146 Å². The van der Waals surface area contributed by atoms with Crippen molar-refractivity contribution in [3.05, 3.63) is 48.7 Å². The van der Waals surface area contributed by atoms with Gasteiger partial charge in [-0.15, -0.1) is 11.3 Å². The van der Waals surface area contributed by atoms with Gasteiger partial charge in [0.15, 0.2) is 0 Å². The first-order valence-corrected chi connectivity index (χ1v) is 8.46. The van der Waals surface area contributed by atoms with Gasteiger partial charge in [-0.3, -0.25) is 14.7 Å². The third-order valence-electron chi connectivity index (χ3n) is 3.93. The van der Waals surface area contributed by atoms with Crippen LogP contribution in [0, 0.1) is 0 Å². The number of amides is 2. The highest BCUT2D eigenvalue weighted by Crippen LogP contribution is 2.38. The van der Waals surface area contributed by atoms with Crippen molar-refractivity contribution in [3.63, 3.8) is 0 Å². The smallest absolute Gasteiger partial charge is 0.313 e. The number of hydrogen-bond acceptors (Lipinski definition) is 4. The van der Waals surface area contributed by atoms with Crippen molar-refractivity contribution in [1.82, 2.24) is 15.5 Å². The molecule has 25 heavy (non-hydrogen) atoms. The molecule has 2 aromatic carbocycles. The van der Waals surface area contributed by atoms with E-state index in [1.54, 1.807) is 23.6 Å². The van der Waals surface area contributed by atoms with Gasteiger partial charge in [0, 0.05) is 33.3 Å². The van der Waals surface area contributed by atoms with Crippen molar-refractivity contribution < 1.29 is 9.59 Å². The van der Waals surface area contributed by atoms with E-state index in [0.29, 0.717) is 5.69 Å². The Kier molecular flexibility index (Phi) is 3.70. The first-order valence-electron chi connectivity index (χ1n) is 7.65. The van der Waals surface area contributed by atoms with Gasteiger partial charge in [-0.05, 0) is 29.7 Å². The van der Waals surface area contributed by atoms with Crippen molar-refractivity contribution in [1.29, 1.82) is 0 Å². The molecule has 0 radical (unpaired) electrons. The molecule has 6 nitrogen and oxygen atoms in total. The summed E-state index contributed by atoms with van der Waals surface area (Å²) in [7, 11) is 1.42. The van der Waals surface area contributed by atoms with Crippen molar-refractivity contribution >= 4 is 49.8 Å². The van der Waals surface area contributed by atoms with Crippen molar-refractivity contribution in [2.45, 2.75) is 0 Å². The molecule has 0 aliphatic rings. The number of aromatic nitrogens is 2. The van der Waals surface area contributed by atoms with E-state index in [9.17, 15) is 9.59 Å². The SMILES string of the molecule is CNC(=O)C(=O)Nc1cc(-c2cc3ccccc3s2)c2[nH]ncc2c1. The van der Waals surface area contributed by atoms with Crippen LogP contribution in [0.5, 0.6) is 0 Å². The minimum Gasteiger partial charge on any atom is -0.351 e. The first-order chi connectivity index (χ1) is 12.2. The maximum atomic E-state index is 11.9. The van der Waals surface area contributed by atoms with E-state index >= 15 is 0 Å². The fourth-order valence-electron chi connectivity index (χ4n) is 2.74. The number of H-pyrrole nitrogens is 1. The lowest BCUT2D eigenvalue weighted by Crippen LogP contribution is -2.32. The zero-order valence-electron chi connectivity index (χ0n) is 13.3. The zero-order valence-corrected chi connectivity index (χ0v) is 14.1. The van der Waals surface area contributed by atoms with Gasteiger partial charge in [0.05, 0.1) is 11.7 Å². The molecule has 0 aliphatic carbocycles. The van der Waals surface area contributed by atoms with Gasteiger partial charge < -0.3 is 10.6 Å². The van der Waals surface area contributed by atoms with Crippen LogP contribution in [0.15, 0.2) is 48.7 Å². The summed E-state index contributed by atoms with van der Waals surface area (Å²) in [5, 5.41) is 14.1. The van der Waals surface area contributed by atoms with Gasteiger partial charge in [-0.1, -0.05) is 18.2 Å². The molecule has 0 aliphatic heterocycles.